The lowest BCUT2D eigenvalue weighted by Gasteiger charge is -2.25. The number of ether oxygens (including phenoxy) is 1. The van der Waals surface area contributed by atoms with Crippen molar-refractivity contribution in [3.63, 3.8) is 0 Å². The van der Waals surface area contributed by atoms with Crippen LogP contribution in [0.15, 0.2) is 24.3 Å². The zero-order chi connectivity index (χ0) is 10.7. The molecular weight excluding hydrogens is 228 g/mol. The summed E-state index contributed by atoms with van der Waals surface area (Å²) in [4.78, 5) is 11.1. The van der Waals surface area contributed by atoms with Crippen LogP contribution < -0.4 is 15.8 Å². The standard InChI is InChI=1S/C11H14N2O2.ClH/c12-6-11(14)13-9-5-8-3-1-2-4-10(8)15-7-9;/h1-4,9H,5-7,12H2,(H,13,14);1H. The van der Waals surface area contributed by atoms with Crippen LogP contribution in [-0.2, 0) is 11.2 Å². The third kappa shape index (κ3) is 2.87. The molecule has 1 amide bonds. The highest BCUT2D eigenvalue weighted by molar-refractivity contribution is 5.85. The van der Waals surface area contributed by atoms with Crippen LogP contribution in [0.3, 0.4) is 0 Å². The van der Waals surface area contributed by atoms with Crippen LogP contribution in [0.5, 0.6) is 5.75 Å². The van der Waals surface area contributed by atoms with Crippen LogP contribution in [-0.4, -0.2) is 25.1 Å². The molecule has 1 unspecified atom stereocenters. The normalized spacial score (nSPS) is 17.7. The maximum absolute atomic E-state index is 11.1. The molecule has 1 aromatic carbocycles. The van der Waals surface area contributed by atoms with Crippen molar-refractivity contribution in [1.82, 2.24) is 5.32 Å². The predicted octanol–water partition coefficient (Wildman–Crippen LogP) is 0.487. The van der Waals surface area contributed by atoms with Gasteiger partial charge in [0, 0.05) is 0 Å². The van der Waals surface area contributed by atoms with Crippen molar-refractivity contribution in [3.8, 4) is 5.75 Å². The Morgan fingerprint density at radius 2 is 2.25 bits per heavy atom. The zero-order valence-electron chi connectivity index (χ0n) is 8.81. The molecule has 4 nitrogen and oxygen atoms in total. The number of rotatable bonds is 2. The van der Waals surface area contributed by atoms with Crippen molar-refractivity contribution in [2.45, 2.75) is 12.5 Å². The molecule has 2 rings (SSSR count). The summed E-state index contributed by atoms with van der Waals surface area (Å²) in [6.45, 7) is 0.543. The van der Waals surface area contributed by atoms with E-state index in [0.717, 1.165) is 17.7 Å². The molecule has 1 heterocycles. The van der Waals surface area contributed by atoms with E-state index in [1.165, 1.54) is 0 Å². The minimum atomic E-state index is -0.136. The minimum absolute atomic E-state index is 0. The highest BCUT2D eigenvalue weighted by Crippen LogP contribution is 2.23. The number of halogens is 1. The average molecular weight is 243 g/mol. The van der Waals surface area contributed by atoms with E-state index in [1.54, 1.807) is 0 Å². The van der Waals surface area contributed by atoms with Gasteiger partial charge in [-0.1, -0.05) is 18.2 Å². The van der Waals surface area contributed by atoms with E-state index >= 15 is 0 Å². The fourth-order valence-electron chi connectivity index (χ4n) is 1.71. The quantitative estimate of drug-likeness (QED) is 0.793. The second-order valence-electron chi connectivity index (χ2n) is 3.59. The lowest BCUT2D eigenvalue weighted by Crippen LogP contribution is -2.45. The number of hydrogen-bond acceptors (Lipinski definition) is 3. The molecule has 88 valence electrons. The number of carbonyl (C=O) groups is 1. The Kier molecular flexibility index (Phi) is 4.58. The molecular formula is C11H15ClN2O2. The van der Waals surface area contributed by atoms with Gasteiger partial charge in [-0.3, -0.25) is 4.79 Å². The van der Waals surface area contributed by atoms with Gasteiger partial charge in [-0.25, -0.2) is 0 Å². The third-order valence-electron chi connectivity index (χ3n) is 2.43. The zero-order valence-corrected chi connectivity index (χ0v) is 9.63. The molecule has 1 aliphatic heterocycles. The molecule has 0 aromatic heterocycles. The van der Waals surface area contributed by atoms with Crippen LogP contribution in [0.1, 0.15) is 5.56 Å². The summed E-state index contributed by atoms with van der Waals surface area (Å²) >= 11 is 0. The summed E-state index contributed by atoms with van der Waals surface area (Å²) in [5, 5.41) is 2.82. The SMILES string of the molecule is Cl.NCC(=O)NC1COc2ccccc2C1. The first-order valence-corrected chi connectivity index (χ1v) is 4.99. The highest BCUT2D eigenvalue weighted by Gasteiger charge is 2.20. The molecule has 1 aromatic rings. The Morgan fingerprint density at radius 3 is 3.00 bits per heavy atom. The summed E-state index contributed by atoms with van der Waals surface area (Å²) in [5.74, 6) is 0.777. The number of amides is 1. The molecule has 3 N–H and O–H groups in total. The maximum atomic E-state index is 11.1. The number of fused-ring (bicyclic) bond motifs is 1. The molecule has 0 spiro atoms. The first-order chi connectivity index (χ1) is 7.29. The van der Waals surface area contributed by atoms with Gasteiger partial charge in [0.2, 0.25) is 5.91 Å². The molecule has 0 aliphatic carbocycles. The Balaban J connectivity index is 0.00000128. The first kappa shape index (κ1) is 12.8. The van der Waals surface area contributed by atoms with Gasteiger partial charge >= 0.3 is 0 Å². The minimum Gasteiger partial charge on any atom is -0.491 e. The summed E-state index contributed by atoms with van der Waals surface area (Å²) in [7, 11) is 0. The van der Waals surface area contributed by atoms with Crippen LogP contribution in [0, 0.1) is 0 Å². The van der Waals surface area contributed by atoms with Gasteiger partial charge in [0.25, 0.3) is 0 Å². The molecule has 0 saturated heterocycles. The van der Waals surface area contributed by atoms with Crippen molar-refractivity contribution < 1.29 is 9.53 Å². The fourth-order valence-corrected chi connectivity index (χ4v) is 1.71. The molecule has 16 heavy (non-hydrogen) atoms. The predicted molar refractivity (Wildman–Crippen MR) is 63.9 cm³/mol. The topological polar surface area (TPSA) is 64.4 Å². The van der Waals surface area contributed by atoms with E-state index in [4.69, 9.17) is 10.5 Å². The van der Waals surface area contributed by atoms with E-state index in [2.05, 4.69) is 5.32 Å². The second kappa shape index (κ2) is 5.72. The van der Waals surface area contributed by atoms with Crippen molar-refractivity contribution in [2.75, 3.05) is 13.2 Å². The first-order valence-electron chi connectivity index (χ1n) is 4.99. The van der Waals surface area contributed by atoms with Gasteiger partial charge in [-0.15, -0.1) is 12.4 Å². The average Bonchev–Trinajstić information content (AvgIpc) is 2.29. The van der Waals surface area contributed by atoms with E-state index in [1.807, 2.05) is 24.3 Å². The summed E-state index contributed by atoms with van der Waals surface area (Å²) in [6, 6.07) is 7.90. The Labute approximate surface area is 101 Å². The van der Waals surface area contributed by atoms with Crippen molar-refractivity contribution in [3.05, 3.63) is 29.8 Å². The molecule has 0 radical (unpaired) electrons. The smallest absolute Gasteiger partial charge is 0.234 e. The Bertz CT molecular complexity index is 371. The van der Waals surface area contributed by atoms with Gasteiger partial charge in [-0.05, 0) is 18.1 Å². The van der Waals surface area contributed by atoms with Crippen LogP contribution in [0.25, 0.3) is 0 Å². The van der Waals surface area contributed by atoms with Crippen molar-refractivity contribution in [2.24, 2.45) is 5.73 Å². The number of benzene rings is 1. The van der Waals surface area contributed by atoms with Gasteiger partial charge < -0.3 is 15.8 Å². The Hall–Kier alpha value is -1.26. The van der Waals surface area contributed by atoms with E-state index in [-0.39, 0.29) is 30.9 Å². The largest absolute Gasteiger partial charge is 0.491 e. The van der Waals surface area contributed by atoms with Gasteiger partial charge in [0.05, 0.1) is 12.6 Å². The van der Waals surface area contributed by atoms with Crippen LogP contribution >= 0.6 is 12.4 Å². The van der Waals surface area contributed by atoms with Crippen molar-refractivity contribution >= 4 is 18.3 Å². The number of hydrogen-bond donors (Lipinski definition) is 2. The molecule has 0 bridgehead atoms. The number of nitrogens with one attached hydrogen (secondary N) is 1. The number of carbonyl (C=O) groups excluding carboxylic acids is 1. The molecule has 1 atom stereocenters. The fraction of sp³-hybridized carbons (Fsp3) is 0.364. The number of nitrogens with two attached hydrogens (primary N) is 1. The molecule has 0 saturated carbocycles. The Morgan fingerprint density at radius 1 is 1.50 bits per heavy atom. The molecule has 5 heteroatoms. The second-order valence-corrected chi connectivity index (χ2v) is 3.59. The molecule has 0 fully saturated rings. The summed E-state index contributed by atoms with van der Waals surface area (Å²) in [6.07, 6.45) is 0.807. The van der Waals surface area contributed by atoms with Crippen LogP contribution in [0.4, 0.5) is 0 Å². The summed E-state index contributed by atoms with van der Waals surface area (Å²) < 4.78 is 5.53. The number of para-hydroxylation sites is 1. The van der Waals surface area contributed by atoms with Gasteiger partial charge in [-0.2, -0.15) is 0 Å². The van der Waals surface area contributed by atoms with E-state index in [9.17, 15) is 4.79 Å². The highest BCUT2D eigenvalue weighted by atomic mass is 35.5. The van der Waals surface area contributed by atoms with Gasteiger partial charge in [0.1, 0.15) is 12.4 Å². The lowest BCUT2D eigenvalue weighted by molar-refractivity contribution is -0.120. The monoisotopic (exact) mass is 242 g/mol. The summed E-state index contributed by atoms with van der Waals surface area (Å²) in [5.41, 5.74) is 6.36. The van der Waals surface area contributed by atoms with E-state index in [0.29, 0.717) is 6.61 Å². The lowest BCUT2D eigenvalue weighted by atomic mass is 10.0. The van der Waals surface area contributed by atoms with Crippen LogP contribution in [0.2, 0.25) is 0 Å². The molecule has 1 aliphatic rings. The maximum Gasteiger partial charge on any atom is 0.234 e. The van der Waals surface area contributed by atoms with Crippen molar-refractivity contribution in [1.29, 1.82) is 0 Å². The van der Waals surface area contributed by atoms with Gasteiger partial charge in [0.15, 0.2) is 0 Å². The third-order valence-corrected chi connectivity index (χ3v) is 2.43. The van der Waals surface area contributed by atoms with E-state index < -0.39 is 0 Å².